The maximum atomic E-state index is 14.0. The van der Waals surface area contributed by atoms with Crippen molar-refractivity contribution in [3.05, 3.63) is 124 Å². The lowest BCUT2D eigenvalue weighted by Crippen LogP contribution is -2.26. The zero-order valence-electron chi connectivity index (χ0n) is 22.3. The summed E-state index contributed by atoms with van der Waals surface area (Å²) in [6, 6.07) is 29.1. The molecule has 0 aliphatic heterocycles. The average Bonchev–Trinajstić information content (AvgIpc) is 2.96. The van der Waals surface area contributed by atoms with Gasteiger partial charge in [-0.1, -0.05) is 78.3 Å². The lowest BCUT2D eigenvalue weighted by Gasteiger charge is -2.21. The number of nitrogens with zero attached hydrogens (tertiary/aromatic N) is 1. The van der Waals surface area contributed by atoms with E-state index in [4.69, 9.17) is 26.1 Å². The molecule has 1 unspecified atom stereocenters. The smallest absolute Gasteiger partial charge is 0.340 e. The Balaban J connectivity index is 1.57. The van der Waals surface area contributed by atoms with Crippen LogP contribution in [0.1, 0.15) is 33.2 Å². The van der Waals surface area contributed by atoms with Crippen molar-refractivity contribution in [3.63, 3.8) is 0 Å². The van der Waals surface area contributed by atoms with Crippen molar-refractivity contribution >= 4 is 40.1 Å². The average molecular weight is 551 g/mol. The highest BCUT2D eigenvalue weighted by molar-refractivity contribution is 6.30. The van der Waals surface area contributed by atoms with E-state index in [9.17, 15) is 9.59 Å². The summed E-state index contributed by atoms with van der Waals surface area (Å²) in [4.78, 5) is 32.5. The first-order chi connectivity index (χ1) is 19.4. The highest BCUT2D eigenvalue weighted by Crippen LogP contribution is 2.33. The van der Waals surface area contributed by atoms with Crippen LogP contribution in [0.3, 0.4) is 0 Å². The first kappa shape index (κ1) is 26.9. The van der Waals surface area contributed by atoms with Crippen molar-refractivity contribution in [1.29, 1.82) is 0 Å². The molecule has 1 N–H and O–H groups in total. The minimum absolute atomic E-state index is 0.336. The predicted octanol–water partition coefficient (Wildman–Crippen LogP) is 7.72. The summed E-state index contributed by atoms with van der Waals surface area (Å²) >= 11 is 6.26. The normalized spacial score (nSPS) is 11.6. The number of para-hydroxylation sites is 1. The largest absolute Gasteiger partial charge is 0.495 e. The number of pyridine rings is 1. The molecular formula is C33H27ClN2O4. The number of rotatable bonds is 7. The van der Waals surface area contributed by atoms with Crippen LogP contribution >= 0.6 is 11.6 Å². The molecular weight excluding hydrogens is 524 g/mol. The molecule has 0 aliphatic carbocycles. The van der Waals surface area contributed by atoms with Crippen LogP contribution in [0.5, 0.6) is 5.75 Å². The van der Waals surface area contributed by atoms with Crippen LogP contribution in [0.25, 0.3) is 22.2 Å². The van der Waals surface area contributed by atoms with Gasteiger partial charge in [-0.25, -0.2) is 9.78 Å². The minimum Gasteiger partial charge on any atom is -0.495 e. The lowest BCUT2D eigenvalue weighted by molar-refractivity contribution is -0.125. The molecule has 1 atom stereocenters. The molecule has 0 saturated carbocycles. The van der Waals surface area contributed by atoms with Gasteiger partial charge in [-0.05, 0) is 55.3 Å². The molecule has 0 fully saturated rings. The molecule has 0 bridgehead atoms. The summed E-state index contributed by atoms with van der Waals surface area (Å²) in [6.45, 7) is 3.74. The summed E-state index contributed by atoms with van der Waals surface area (Å²) in [5.41, 5.74) is 4.93. The highest BCUT2D eigenvalue weighted by Gasteiger charge is 2.29. The highest BCUT2D eigenvalue weighted by atomic mass is 35.5. The molecule has 0 radical (unpaired) electrons. The van der Waals surface area contributed by atoms with Gasteiger partial charge in [0.15, 0.2) is 0 Å². The van der Waals surface area contributed by atoms with Gasteiger partial charge in [0, 0.05) is 21.5 Å². The Hall–Kier alpha value is -4.68. The summed E-state index contributed by atoms with van der Waals surface area (Å²) in [6.07, 6.45) is -1.22. The van der Waals surface area contributed by atoms with E-state index in [0.29, 0.717) is 49.7 Å². The van der Waals surface area contributed by atoms with Crippen LogP contribution in [-0.4, -0.2) is 24.0 Å². The van der Waals surface area contributed by atoms with Crippen molar-refractivity contribution in [2.45, 2.75) is 20.0 Å². The number of anilines is 1. The van der Waals surface area contributed by atoms with Crippen LogP contribution in [0.2, 0.25) is 5.02 Å². The van der Waals surface area contributed by atoms with Crippen molar-refractivity contribution in [2.24, 2.45) is 0 Å². The van der Waals surface area contributed by atoms with Crippen molar-refractivity contribution in [1.82, 2.24) is 4.98 Å². The van der Waals surface area contributed by atoms with Crippen molar-refractivity contribution in [2.75, 3.05) is 12.4 Å². The van der Waals surface area contributed by atoms with E-state index in [-0.39, 0.29) is 0 Å². The Labute approximate surface area is 237 Å². The van der Waals surface area contributed by atoms with Gasteiger partial charge in [-0.3, -0.25) is 4.79 Å². The number of esters is 1. The van der Waals surface area contributed by atoms with E-state index in [2.05, 4.69) is 5.32 Å². The number of fused-ring (bicyclic) bond motifs is 1. The second-order valence-electron chi connectivity index (χ2n) is 9.38. The fraction of sp³-hybridized carbons (Fsp3) is 0.121. The first-order valence-electron chi connectivity index (χ1n) is 12.7. The van der Waals surface area contributed by atoms with Crippen LogP contribution in [0, 0.1) is 13.8 Å². The van der Waals surface area contributed by atoms with Crippen molar-refractivity contribution in [3.8, 4) is 17.0 Å². The quantitative estimate of drug-likeness (QED) is 0.210. The van der Waals surface area contributed by atoms with E-state index in [1.807, 2.05) is 62.4 Å². The first-order valence-corrected chi connectivity index (χ1v) is 13.1. The van der Waals surface area contributed by atoms with E-state index < -0.39 is 18.0 Å². The maximum Gasteiger partial charge on any atom is 0.340 e. The number of nitrogens with one attached hydrogen (secondary N) is 1. The van der Waals surface area contributed by atoms with Gasteiger partial charge < -0.3 is 14.8 Å². The molecule has 0 aliphatic rings. The number of aryl methyl sites for hydroxylation is 1. The Kier molecular flexibility index (Phi) is 7.80. The SMILES string of the molecule is COc1ccc(C)cc1NC(=O)C(OC(=O)c1c(C)c(-c2cccc(Cl)c2)nc2ccccc12)c1ccccc1. The number of benzene rings is 4. The summed E-state index contributed by atoms with van der Waals surface area (Å²) in [7, 11) is 1.53. The lowest BCUT2D eigenvalue weighted by atomic mass is 9.97. The van der Waals surface area contributed by atoms with Gasteiger partial charge in [-0.2, -0.15) is 0 Å². The van der Waals surface area contributed by atoms with E-state index >= 15 is 0 Å². The number of amides is 1. The monoisotopic (exact) mass is 550 g/mol. The zero-order valence-corrected chi connectivity index (χ0v) is 23.0. The number of hydrogen-bond acceptors (Lipinski definition) is 5. The fourth-order valence-electron chi connectivity index (χ4n) is 4.67. The molecule has 5 rings (SSSR count). The number of ether oxygens (including phenoxy) is 2. The van der Waals surface area contributed by atoms with Crippen LogP contribution in [-0.2, 0) is 9.53 Å². The number of methoxy groups -OCH3 is 1. The molecule has 0 saturated heterocycles. The standard InChI is InChI=1S/C33H27ClN2O4/c1-20-16-17-28(39-3)27(18-20)36-32(37)31(22-10-5-4-6-11-22)40-33(38)29-21(2)30(23-12-9-13-24(34)19-23)35-26-15-8-7-14-25(26)29/h4-19,31H,1-3H3,(H,36,37). The second kappa shape index (κ2) is 11.6. The summed E-state index contributed by atoms with van der Waals surface area (Å²) in [5, 5.41) is 4.07. The Morgan fingerprint density at radius 2 is 1.62 bits per heavy atom. The van der Waals surface area contributed by atoms with Gasteiger partial charge >= 0.3 is 5.97 Å². The van der Waals surface area contributed by atoms with E-state index in [1.165, 1.54) is 7.11 Å². The second-order valence-corrected chi connectivity index (χ2v) is 9.81. The van der Waals surface area contributed by atoms with Gasteiger partial charge in [0.2, 0.25) is 6.10 Å². The molecule has 1 aromatic heterocycles. The van der Waals surface area contributed by atoms with Crippen LogP contribution in [0.4, 0.5) is 5.69 Å². The zero-order chi connectivity index (χ0) is 28.2. The maximum absolute atomic E-state index is 14.0. The number of halogens is 1. The summed E-state index contributed by atoms with van der Waals surface area (Å²) in [5.74, 6) is -0.645. The molecule has 1 amide bonds. The number of carbonyl (C=O) groups is 2. The number of carbonyl (C=O) groups excluding carboxylic acids is 2. The minimum atomic E-state index is -1.22. The molecule has 4 aromatic carbocycles. The number of aromatic nitrogens is 1. The van der Waals surface area contributed by atoms with E-state index in [0.717, 1.165) is 11.1 Å². The Morgan fingerprint density at radius 1 is 0.875 bits per heavy atom. The summed E-state index contributed by atoms with van der Waals surface area (Å²) < 4.78 is 11.4. The Morgan fingerprint density at radius 3 is 2.38 bits per heavy atom. The van der Waals surface area contributed by atoms with Gasteiger partial charge in [0.05, 0.1) is 29.6 Å². The van der Waals surface area contributed by atoms with E-state index in [1.54, 1.807) is 48.5 Å². The molecule has 1 heterocycles. The predicted molar refractivity (Wildman–Crippen MR) is 158 cm³/mol. The Bertz CT molecular complexity index is 1720. The van der Waals surface area contributed by atoms with Gasteiger partial charge in [-0.15, -0.1) is 0 Å². The third kappa shape index (κ3) is 5.53. The van der Waals surface area contributed by atoms with Crippen LogP contribution < -0.4 is 10.1 Å². The number of hydrogen-bond donors (Lipinski definition) is 1. The van der Waals surface area contributed by atoms with Gasteiger partial charge in [0.25, 0.3) is 5.91 Å². The topological polar surface area (TPSA) is 77.5 Å². The molecule has 200 valence electrons. The molecule has 5 aromatic rings. The molecule has 7 heteroatoms. The molecule has 40 heavy (non-hydrogen) atoms. The molecule has 6 nitrogen and oxygen atoms in total. The van der Waals surface area contributed by atoms with Gasteiger partial charge in [0.1, 0.15) is 5.75 Å². The third-order valence-corrected chi connectivity index (χ3v) is 6.85. The van der Waals surface area contributed by atoms with Crippen molar-refractivity contribution < 1.29 is 19.1 Å². The molecule has 0 spiro atoms. The third-order valence-electron chi connectivity index (χ3n) is 6.62. The van der Waals surface area contributed by atoms with Crippen LogP contribution in [0.15, 0.2) is 97.1 Å². The fourth-order valence-corrected chi connectivity index (χ4v) is 4.86.